The van der Waals surface area contributed by atoms with Crippen molar-refractivity contribution in [3.8, 4) is 5.75 Å². The topological polar surface area (TPSA) is 75.7 Å². The first kappa shape index (κ1) is 17.5. The van der Waals surface area contributed by atoms with Crippen LogP contribution in [0.25, 0.3) is 0 Å². The predicted octanol–water partition coefficient (Wildman–Crippen LogP) is 1.55. The molecule has 0 bridgehead atoms. The van der Waals surface area contributed by atoms with Crippen molar-refractivity contribution in [2.75, 3.05) is 25.2 Å². The number of methoxy groups -OCH3 is 1. The number of hydrogen-bond donors (Lipinski definition) is 1. The first-order chi connectivity index (χ1) is 10.8. The lowest BCUT2D eigenvalue weighted by Crippen LogP contribution is -2.44. The Labute approximate surface area is 135 Å². The molecule has 0 aliphatic carbocycles. The van der Waals surface area contributed by atoms with Gasteiger partial charge < -0.3 is 15.0 Å². The molecule has 0 aromatic heterocycles. The largest absolute Gasteiger partial charge is 0.494 e. The Balaban J connectivity index is 1.99. The minimum absolute atomic E-state index is 0.0204. The molecule has 8 heteroatoms. The Kier molecular flexibility index (Phi) is 5.46. The molecule has 0 radical (unpaired) electrons. The minimum Gasteiger partial charge on any atom is -0.494 e. The number of hydrogen-bond acceptors (Lipinski definition) is 4. The van der Waals surface area contributed by atoms with Crippen molar-refractivity contribution in [3.05, 3.63) is 29.6 Å². The summed E-state index contributed by atoms with van der Waals surface area (Å²) >= 11 is 0. The van der Waals surface area contributed by atoms with Crippen LogP contribution in [0.1, 0.15) is 18.9 Å². The van der Waals surface area contributed by atoms with Crippen LogP contribution in [0.2, 0.25) is 0 Å². The zero-order valence-electron chi connectivity index (χ0n) is 13.2. The minimum atomic E-state index is -3.04. The molecule has 1 aliphatic rings. The number of amides is 2. The lowest BCUT2D eigenvalue weighted by atomic mass is 10.2. The van der Waals surface area contributed by atoms with Crippen molar-refractivity contribution in [1.82, 2.24) is 10.2 Å². The van der Waals surface area contributed by atoms with Crippen molar-refractivity contribution < 1.29 is 22.3 Å². The van der Waals surface area contributed by atoms with E-state index in [-0.39, 0.29) is 35.9 Å². The zero-order chi connectivity index (χ0) is 17.0. The van der Waals surface area contributed by atoms with Gasteiger partial charge >= 0.3 is 6.03 Å². The fourth-order valence-corrected chi connectivity index (χ4v) is 4.20. The van der Waals surface area contributed by atoms with E-state index >= 15 is 0 Å². The van der Waals surface area contributed by atoms with Gasteiger partial charge in [0.1, 0.15) is 0 Å². The van der Waals surface area contributed by atoms with Crippen LogP contribution in [0.5, 0.6) is 5.75 Å². The van der Waals surface area contributed by atoms with Gasteiger partial charge in [-0.05, 0) is 31.0 Å². The number of rotatable bonds is 5. The van der Waals surface area contributed by atoms with Gasteiger partial charge in [0, 0.05) is 19.1 Å². The number of sulfone groups is 1. The van der Waals surface area contributed by atoms with Gasteiger partial charge in [-0.3, -0.25) is 0 Å². The molecule has 1 unspecified atom stereocenters. The Morgan fingerprint density at radius 1 is 1.48 bits per heavy atom. The van der Waals surface area contributed by atoms with Crippen LogP contribution >= 0.6 is 0 Å². The standard InChI is InChI=1S/C15H21FN2O4S/c1-3-18(9-11-4-5-14(22-2)13(16)8-11)15(19)17-12-6-7-23(20,21)10-12/h4-5,8,12H,3,6-7,9-10H2,1-2H3,(H,17,19). The van der Waals surface area contributed by atoms with Gasteiger partial charge in [0.15, 0.2) is 21.4 Å². The number of nitrogens with one attached hydrogen (secondary N) is 1. The summed E-state index contributed by atoms with van der Waals surface area (Å²) in [6.45, 7) is 2.48. The second-order valence-electron chi connectivity index (χ2n) is 5.53. The van der Waals surface area contributed by atoms with Gasteiger partial charge in [0.25, 0.3) is 0 Å². The normalized spacial score (nSPS) is 19.3. The summed E-state index contributed by atoms with van der Waals surface area (Å²) in [6.07, 6.45) is 0.433. The zero-order valence-corrected chi connectivity index (χ0v) is 14.0. The van der Waals surface area contributed by atoms with E-state index < -0.39 is 15.7 Å². The lowest BCUT2D eigenvalue weighted by molar-refractivity contribution is 0.195. The molecule has 1 fully saturated rings. The van der Waals surface area contributed by atoms with E-state index in [0.717, 1.165) is 0 Å². The highest BCUT2D eigenvalue weighted by molar-refractivity contribution is 7.91. The van der Waals surface area contributed by atoms with Gasteiger partial charge in [-0.2, -0.15) is 0 Å². The molecule has 1 atom stereocenters. The van der Waals surface area contributed by atoms with Crippen molar-refractivity contribution in [2.24, 2.45) is 0 Å². The van der Waals surface area contributed by atoms with E-state index in [0.29, 0.717) is 18.5 Å². The maximum Gasteiger partial charge on any atom is 0.317 e. The smallest absolute Gasteiger partial charge is 0.317 e. The third-order valence-corrected chi connectivity index (χ3v) is 5.59. The fraction of sp³-hybridized carbons (Fsp3) is 0.533. The van der Waals surface area contributed by atoms with Crippen LogP contribution < -0.4 is 10.1 Å². The summed E-state index contributed by atoms with van der Waals surface area (Å²) in [7, 11) is -1.65. The summed E-state index contributed by atoms with van der Waals surface area (Å²) in [5.41, 5.74) is 0.638. The lowest BCUT2D eigenvalue weighted by Gasteiger charge is -2.23. The average Bonchev–Trinajstić information content (AvgIpc) is 2.83. The van der Waals surface area contributed by atoms with E-state index in [2.05, 4.69) is 5.32 Å². The Morgan fingerprint density at radius 2 is 2.22 bits per heavy atom. The second-order valence-corrected chi connectivity index (χ2v) is 7.76. The summed E-state index contributed by atoms with van der Waals surface area (Å²) in [5.74, 6) is -0.248. The summed E-state index contributed by atoms with van der Waals surface area (Å²) < 4.78 is 41.4. The monoisotopic (exact) mass is 344 g/mol. The molecule has 1 saturated heterocycles. The number of benzene rings is 1. The van der Waals surface area contributed by atoms with Gasteiger partial charge in [0.05, 0.1) is 18.6 Å². The van der Waals surface area contributed by atoms with Crippen LogP contribution in [0.3, 0.4) is 0 Å². The second kappa shape index (κ2) is 7.16. The van der Waals surface area contributed by atoms with Crippen LogP contribution in [0, 0.1) is 5.82 Å². The van der Waals surface area contributed by atoms with Gasteiger partial charge in [0.2, 0.25) is 0 Å². The summed E-state index contributed by atoms with van der Waals surface area (Å²) in [5, 5.41) is 2.73. The number of carbonyl (C=O) groups excluding carboxylic acids is 1. The summed E-state index contributed by atoms with van der Waals surface area (Å²) in [6, 6.07) is 3.84. The molecule has 1 aromatic rings. The average molecular weight is 344 g/mol. The molecular formula is C15H21FN2O4S. The predicted molar refractivity (Wildman–Crippen MR) is 84.6 cm³/mol. The van der Waals surface area contributed by atoms with Crippen molar-refractivity contribution in [2.45, 2.75) is 25.9 Å². The van der Waals surface area contributed by atoms with Gasteiger partial charge in [-0.25, -0.2) is 17.6 Å². The van der Waals surface area contributed by atoms with E-state index in [1.807, 2.05) is 6.92 Å². The molecule has 6 nitrogen and oxygen atoms in total. The number of urea groups is 1. The number of carbonyl (C=O) groups is 1. The third-order valence-electron chi connectivity index (χ3n) is 3.82. The molecule has 2 rings (SSSR count). The number of nitrogens with zero attached hydrogens (tertiary/aromatic N) is 1. The molecular weight excluding hydrogens is 323 g/mol. The molecule has 1 aliphatic heterocycles. The highest BCUT2D eigenvalue weighted by atomic mass is 32.2. The van der Waals surface area contributed by atoms with E-state index in [1.165, 1.54) is 24.1 Å². The molecule has 0 spiro atoms. The Hall–Kier alpha value is -1.83. The van der Waals surface area contributed by atoms with E-state index in [4.69, 9.17) is 4.74 Å². The molecule has 2 amide bonds. The van der Waals surface area contributed by atoms with Crippen LogP contribution in [-0.2, 0) is 16.4 Å². The fourth-order valence-electron chi connectivity index (χ4n) is 2.53. The van der Waals surface area contributed by atoms with E-state index in [1.54, 1.807) is 6.07 Å². The van der Waals surface area contributed by atoms with Crippen molar-refractivity contribution in [1.29, 1.82) is 0 Å². The van der Waals surface area contributed by atoms with Crippen LogP contribution in [-0.4, -0.2) is 50.6 Å². The molecule has 1 aromatic carbocycles. The van der Waals surface area contributed by atoms with Crippen LogP contribution in [0.4, 0.5) is 9.18 Å². The Bertz CT molecular complexity index is 678. The van der Waals surface area contributed by atoms with Crippen molar-refractivity contribution in [3.63, 3.8) is 0 Å². The third kappa shape index (κ3) is 4.57. The highest BCUT2D eigenvalue weighted by Gasteiger charge is 2.29. The highest BCUT2D eigenvalue weighted by Crippen LogP contribution is 2.19. The maximum absolute atomic E-state index is 13.7. The van der Waals surface area contributed by atoms with E-state index in [9.17, 15) is 17.6 Å². The number of ether oxygens (including phenoxy) is 1. The van der Waals surface area contributed by atoms with Gasteiger partial charge in [-0.15, -0.1) is 0 Å². The maximum atomic E-state index is 13.7. The first-order valence-corrected chi connectivity index (χ1v) is 9.25. The molecule has 1 heterocycles. The van der Waals surface area contributed by atoms with Crippen LogP contribution in [0.15, 0.2) is 18.2 Å². The van der Waals surface area contributed by atoms with Crippen molar-refractivity contribution >= 4 is 15.9 Å². The molecule has 1 N–H and O–H groups in total. The molecule has 0 saturated carbocycles. The summed E-state index contributed by atoms with van der Waals surface area (Å²) in [4.78, 5) is 13.8. The molecule has 23 heavy (non-hydrogen) atoms. The first-order valence-electron chi connectivity index (χ1n) is 7.43. The quantitative estimate of drug-likeness (QED) is 0.879. The van der Waals surface area contributed by atoms with Gasteiger partial charge in [-0.1, -0.05) is 6.07 Å². The number of halogens is 1. The SMILES string of the molecule is CCN(Cc1ccc(OC)c(F)c1)C(=O)NC1CCS(=O)(=O)C1. The molecule has 128 valence electrons. The Morgan fingerprint density at radius 3 is 2.74 bits per heavy atom.